The fourth-order valence-electron chi connectivity index (χ4n) is 3.83. The number of amides is 2. The lowest BCUT2D eigenvalue weighted by Crippen LogP contribution is -2.47. The molecule has 0 unspecified atom stereocenters. The summed E-state index contributed by atoms with van der Waals surface area (Å²) in [4.78, 5) is 40.1. The van der Waals surface area contributed by atoms with Crippen LogP contribution in [0, 0.1) is 13.8 Å². The minimum Gasteiger partial charge on any atom is -0.349 e. The number of carbonyl (C=O) groups is 2. The highest BCUT2D eigenvalue weighted by atomic mass is 32.2. The second-order valence-electron chi connectivity index (χ2n) is 7.62. The molecule has 3 aromatic rings. The molecule has 0 radical (unpaired) electrons. The van der Waals surface area contributed by atoms with Crippen molar-refractivity contribution in [1.29, 1.82) is 0 Å². The van der Waals surface area contributed by atoms with Crippen LogP contribution in [0.5, 0.6) is 0 Å². The molecule has 0 aliphatic carbocycles. The zero-order valence-corrected chi connectivity index (χ0v) is 18.6. The molecule has 10 heteroatoms. The Labute approximate surface area is 184 Å². The van der Waals surface area contributed by atoms with Crippen molar-refractivity contribution in [3.8, 4) is 0 Å². The molecule has 1 N–H and O–H groups in total. The first-order chi connectivity index (χ1) is 15.0. The second-order valence-corrected chi connectivity index (χ2v) is 8.39. The average molecular weight is 440 g/mol. The molecule has 1 saturated heterocycles. The zero-order valence-electron chi connectivity index (χ0n) is 17.8. The standard InChI is InChI=1S/C21H25N7O2S/c1-13-17(14(2)28-20(23-13)25-21(26-28)31-3)11-18(29)27-9-6-16(7-10-27)24-19(30)15-5-4-8-22-12-15/h4-5,8,12,16H,6-7,9-11H2,1-3H3,(H,24,30). The summed E-state index contributed by atoms with van der Waals surface area (Å²) < 4.78 is 1.71. The van der Waals surface area contributed by atoms with Gasteiger partial charge in [-0.15, -0.1) is 5.10 Å². The molecule has 162 valence electrons. The van der Waals surface area contributed by atoms with Crippen LogP contribution in [-0.4, -0.2) is 66.7 Å². The minimum absolute atomic E-state index is 0.0540. The van der Waals surface area contributed by atoms with Crippen LogP contribution in [0.2, 0.25) is 0 Å². The molecule has 2 amide bonds. The highest BCUT2D eigenvalue weighted by Crippen LogP contribution is 2.19. The minimum atomic E-state index is -0.124. The summed E-state index contributed by atoms with van der Waals surface area (Å²) in [6.07, 6.45) is 6.86. The lowest BCUT2D eigenvalue weighted by molar-refractivity contribution is -0.131. The van der Waals surface area contributed by atoms with Gasteiger partial charge in [0.05, 0.1) is 12.0 Å². The van der Waals surface area contributed by atoms with Gasteiger partial charge in [-0.1, -0.05) is 11.8 Å². The smallest absolute Gasteiger partial charge is 0.253 e. The number of nitrogens with zero attached hydrogens (tertiary/aromatic N) is 6. The molecular weight excluding hydrogens is 414 g/mol. The molecule has 3 aromatic heterocycles. The topological polar surface area (TPSA) is 105 Å². The van der Waals surface area contributed by atoms with E-state index in [1.54, 1.807) is 29.0 Å². The van der Waals surface area contributed by atoms with Crippen molar-refractivity contribution < 1.29 is 9.59 Å². The number of aryl methyl sites for hydroxylation is 2. The molecule has 0 atom stereocenters. The number of hydrogen-bond acceptors (Lipinski definition) is 7. The summed E-state index contributed by atoms with van der Waals surface area (Å²) in [7, 11) is 0. The molecular formula is C21H25N7O2S. The van der Waals surface area contributed by atoms with Crippen LogP contribution in [-0.2, 0) is 11.2 Å². The van der Waals surface area contributed by atoms with E-state index >= 15 is 0 Å². The first kappa shape index (κ1) is 21.2. The number of thioether (sulfide) groups is 1. The fourth-order valence-corrected chi connectivity index (χ4v) is 4.17. The molecule has 1 aliphatic rings. The van der Waals surface area contributed by atoms with Gasteiger partial charge in [-0.2, -0.15) is 4.98 Å². The third kappa shape index (κ3) is 4.53. The fraction of sp³-hybridized carbons (Fsp3) is 0.429. The molecule has 1 aliphatic heterocycles. The first-order valence-corrected chi connectivity index (χ1v) is 11.4. The summed E-state index contributed by atoms with van der Waals surface area (Å²) >= 11 is 1.46. The van der Waals surface area contributed by atoms with E-state index in [1.165, 1.54) is 11.8 Å². The first-order valence-electron chi connectivity index (χ1n) is 10.2. The van der Waals surface area contributed by atoms with Crippen molar-refractivity contribution in [2.45, 2.75) is 44.3 Å². The Bertz CT molecular complexity index is 1110. The van der Waals surface area contributed by atoms with Crippen molar-refractivity contribution >= 4 is 29.4 Å². The van der Waals surface area contributed by atoms with Crippen molar-refractivity contribution in [2.24, 2.45) is 0 Å². The third-order valence-electron chi connectivity index (χ3n) is 5.65. The van der Waals surface area contributed by atoms with E-state index < -0.39 is 0 Å². The van der Waals surface area contributed by atoms with Gasteiger partial charge in [-0.25, -0.2) is 9.50 Å². The van der Waals surface area contributed by atoms with Crippen LogP contribution in [0.25, 0.3) is 5.78 Å². The maximum atomic E-state index is 13.0. The van der Waals surface area contributed by atoms with E-state index in [9.17, 15) is 9.59 Å². The zero-order chi connectivity index (χ0) is 22.0. The van der Waals surface area contributed by atoms with Gasteiger partial charge in [0.15, 0.2) is 0 Å². The summed E-state index contributed by atoms with van der Waals surface area (Å²) in [5.74, 6) is 0.497. The van der Waals surface area contributed by atoms with Crippen molar-refractivity contribution in [1.82, 2.24) is 34.8 Å². The second kappa shape index (κ2) is 9.01. The molecule has 9 nitrogen and oxygen atoms in total. The number of pyridine rings is 1. The van der Waals surface area contributed by atoms with E-state index in [0.717, 1.165) is 29.8 Å². The molecule has 0 bridgehead atoms. The molecule has 1 fully saturated rings. The van der Waals surface area contributed by atoms with Crippen LogP contribution in [0.15, 0.2) is 29.7 Å². The Morgan fingerprint density at radius 1 is 1.23 bits per heavy atom. The molecule has 0 saturated carbocycles. The molecule has 31 heavy (non-hydrogen) atoms. The van der Waals surface area contributed by atoms with Gasteiger partial charge in [0, 0.05) is 48.5 Å². The van der Waals surface area contributed by atoms with Crippen molar-refractivity contribution in [3.63, 3.8) is 0 Å². The van der Waals surface area contributed by atoms with E-state index in [4.69, 9.17) is 0 Å². The largest absolute Gasteiger partial charge is 0.349 e. The highest BCUT2D eigenvalue weighted by Gasteiger charge is 2.25. The lowest BCUT2D eigenvalue weighted by Gasteiger charge is -2.32. The lowest BCUT2D eigenvalue weighted by atomic mass is 10.0. The monoisotopic (exact) mass is 439 g/mol. The Morgan fingerprint density at radius 2 is 2.00 bits per heavy atom. The van der Waals surface area contributed by atoms with Crippen LogP contribution in [0.4, 0.5) is 0 Å². The molecule has 0 aromatic carbocycles. The number of carbonyl (C=O) groups excluding carboxylic acids is 2. The number of aromatic nitrogens is 5. The van der Waals surface area contributed by atoms with E-state index in [1.807, 2.05) is 25.0 Å². The highest BCUT2D eigenvalue weighted by molar-refractivity contribution is 7.98. The van der Waals surface area contributed by atoms with Crippen LogP contribution in [0.3, 0.4) is 0 Å². The van der Waals surface area contributed by atoms with Crippen LogP contribution in [0.1, 0.15) is 40.2 Å². The summed E-state index contributed by atoms with van der Waals surface area (Å²) in [6.45, 7) is 5.08. The maximum Gasteiger partial charge on any atom is 0.253 e. The average Bonchev–Trinajstić information content (AvgIpc) is 3.21. The van der Waals surface area contributed by atoms with Gasteiger partial charge in [-0.3, -0.25) is 14.6 Å². The van der Waals surface area contributed by atoms with E-state index in [0.29, 0.717) is 29.6 Å². The molecule has 4 heterocycles. The number of likely N-dealkylation sites (tertiary alicyclic amines) is 1. The number of piperidine rings is 1. The number of hydrogen-bond donors (Lipinski definition) is 1. The predicted octanol–water partition coefficient (Wildman–Crippen LogP) is 1.82. The van der Waals surface area contributed by atoms with Crippen molar-refractivity contribution in [2.75, 3.05) is 19.3 Å². The van der Waals surface area contributed by atoms with Gasteiger partial charge >= 0.3 is 0 Å². The Morgan fingerprint density at radius 3 is 2.68 bits per heavy atom. The van der Waals surface area contributed by atoms with E-state index in [-0.39, 0.29) is 24.3 Å². The SMILES string of the molecule is CSc1nc2nc(C)c(CC(=O)N3CCC(NC(=O)c4cccnc4)CC3)c(C)n2n1. The number of fused-ring (bicyclic) bond motifs is 1. The summed E-state index contributed by atoms with van der Waals surface area (Å²) in [5, 5.41) is 8.16. The van der Waals surface area contributed by atoms with E-state index in [2.05, 4.69) is 25.4 Å². The van der Waals surface area contributed by atoms with Crippen LogP contribution < -0.4 is 5.32 Å². The predicted molar refractivity (Wildman–Crippen MR) is 117 cm³/mol. The quantitative estimate of drug-likeness (QED) is 0.605. The van der Waals surface area contributed by atoms with Gasteiger partial charge in [0.1, 0.15) is 0 Å². The molecule has 0 spiro atoms. The Kier molecular flexibility index (Phi) is 6.17. The summed E-state index contributed by atoms with van der Waals surface area (Å²) in [6, 6.07) is 3.54. The van der Waals surface area contributed by atoms with Gasteiger partial charge in [0.2, 0.25) is 11.1 Å². The van der Waals surface area contributed by atoms with Gasteiger partial charge in [0.25, 0.3) is 11.7 Å². The summed E-state index contributed by atoms with van der Waals surface area (Å²) in [5.41, 5.74) is 3.13. The Hall–Kier alpha value is -3.01. The number of rotatable bonds is 5. The third-order valence-corrected chi connectivity index (χ3v) is 6.18. The van der Waals surface area contributed by atoms with Crippen molar-refractivity contribution in [3.05, 3.63) is 47.0 Å². The van der Waals surface area contributed by atoms with Gasteiger partial charge < -0.3 is 10.2 Å². The maximum absolute atomic E-state index is 13.0. The van der Waals surface area contributed by atoms with Crippen LogP contribution >= 0.6 is 11.8 Å². The molecule has 4 rings (SSSR count). The van der Waals surface area contributed by atoms with Gasteiger partial charge in [-0.05, 0) is 45.1 Å². The number of nitrogens with one attached hydrogen (secondary N) is 1. The normalized spacial score (nSPS) is 14.7. The Balaban J connectivity index is 1.38.